The van der Waals surface area contributed by atoms with Crippen LogP contribution in [-0.4, -0.2) is 0 Å². The lowest BCUT2D eigenvalue weighted by Crippen LogP contribution is -2.11. The average Bonchev–Trinajstić information content (AvgIpc) is 2.14. The molecule has 0 unspecified atom stereocenters. The van der Waals surface area contributed by atoms with Crippen LogP contribution in [0.5, 0.6) is 0 Å². The monoisotopic (exact) mass is 211 g/mol. The van der Waals surface area contributed by atoms with Gasteiger partial charge in [0, 0.05) is 5.69 Å². The summed E-state index contributed by atoms with van der Waals surface area (Å²) in [6.45, 7) is 0. The highest BCUT2D eigenvalue weighted by Gasteiger charge is 2.36. The van der Waals surface area contributed by atoms with E-state index in [1.807, 2.05) is 0 Å². The maximum Gasteiger partial charge on any atom is 0.418 e. The summed E-state index contributed by atoms with van der Waals surface area (Å²) in [7, 11) is 0. The van der Waals surface area contributed by atoms with Crippen LogP contribution < -0.4 is 5.73 Å². The maximum absolute atomic E-state index is 12.5. The van der Waals surface area contributed by atoms with Gasteiger partial charge in [0.1, 0.15) is 0 Å². The van der Waals surface area contributed by atoms with Gasteiger partial charge in [-0.25, -0.2) is 0 Å². The molecule has 0 aliphatic rings. The Labute approximate surface area is 83.1 Å². The molecule has 3 nitrogen and oxygen atoms in total. The van der Waals surface area contributed by atoms with Crippen LogP contribution in [0, 0.1) is 22.7 Å². The van der Waals surface area contributed by atoms with E-state index >= 15 is 0 Å². The van der Waals surface area contributed by atoms with Crippen LogP contribution in [-0.2, 0) is 6.18 Å². The van der Waals surface area contributed by atoms with Gasteiger partial charge in [0.15, 0.2) is 0 Å². The Morgan fingerprint density at radius 2 is 1.47 bits per heavy atom. The molecular weight excluding hydrogens is 207 g/mol. The minimum absolute atomic E-state index is 0.0453. The van der Waals surface area contributed by atoms with Crippen molar-refractivity contribution in [3.8, 4) is 12.1 Å². The van der Waals surface area contributed by atoms with E-state index in [0.29, 0.717) is 0 Å². The zero-order valence-electron chi connectivity index (χ0n) is 7.26. The molecule has 0 amide bonds. The van der Waals surface area contributed by atoms with Gasteiger partial charge in [0.2, 0.25) is 0 Å². The third-order valence-corrected chi connectivity index (χ3v) is 1.69. The number of hydrogen-bond donors (Lipinski definition) is 1. The van der Waals surface area contributed by atoms with Crippen LogP contribution in [0.3, 0.4) is 0 Å². The molecule has 0 aliphatic heterocycles. The Morgan fingerprint density at radius 3 is 1.73 bits per heavy atom. The first kappa shape index (κ1) is 10.9. The molecule has 0 saturated carbocycles. The summed E-state index contributed by atoms with van der Waals surface area (Å²) in [4.78, 5) is 0. The molecular formula is C9H4F3N3. The highest BCUT2D eigenvalue weighted by molar-refractivity contribution is 5.58. The Morgan fingerprint density at radius 1 is 1.07 bits per heavy atom. The van der Waals surface area contributed by atoms with Crippen LogP contribution in [0.2, 0.25) is 0 Å². The Balaban J connectivity index is 3.63. The van der Waals surface area contributed by atoms with Crippen molar-refractivity contribution in [3.63, 3.8) is 0 Å². The molecule has 76 valence electrons. The van der Waals surface area contributed by atoms with Crippen molar-refractivity contribution in [1.82, 2.24) is 0 Å². The van der Waals surface area contributed by atoms with Crippen molar-refractivity contribution in [2.45, 2.75) is 6.18 Å². The average molecular weight is 211 g/mol. The van der Waals surface area contributed by atoms with E-state index in [1.54, 1.807) is 0 Å². The number of rotatable bonds is 0. The molecule has 2 N–H and O–H groups in total. The predicted octanol–water partition coefficient (Wildman–Crippen LogP) is 2.03. The first-order valence-electron chi connectivity index (χ1n) is 3.71. The Hall–Kier alpha value is -2.21. The standard InChI is InChI=1S/C9H4F3N3/c10-9(11,12)8-5(3-13)1-7(15)2-6(8)4-14/h1-2H,15H2. The number of alkyl halides is 3. The zero-order valence-corrected chi connectivity index (χ0v) is 7.26. The molecule has 15 heavy (non-hydrogen) atoms. The predicted molar refractivity (Wildman–Crippen MR) is 45.3 cm³/mol. The molecule has 0 saturated heterocycles. The summed E-state index contributed by atoms with van der Waals surface area (Å²) < 4.78 is 37.4. The number of anilines is 1. The first-order chi connectivity index (χ1) is 6.90. The lowest BCUT2D eigenvalue weighted by molar-refractivity contribution is -0.137. The number of benzene rings is 1. The van der Waals surface area contributed by atoms with Gasteiger partial charge < -0.3 is 5.73 Å². The number of halogens is 3. The Bertz CT molecular complexity index is 442. The van der Waals surface area contributed by atoms with Crippen molar-refractivity contribution >= 4 is 5.69 Å². The van der Waals surface area contributed by atoms with Crippen molar-refractivity contribution in [1.29, 1.82) is 10.5 Å². The molecule has 0 aromatic heterocycles. The fourth-order valence-corrected chi connectivity index (χ4v) is 1.15. The van der Waals surface area contributed by atoms with E-state index in [2.05, 4.69) is 0 Å². The van der Waals surface area contributed by atoms with Gasteiger partial charge in [-0.15, -0.1) is 0 Å². The van der Waals surface area contributed by atoms with E-state index in [-0.39, 0.29) is 5.69 Å². The molecule has 6 heteroatoms. The lowest BCUT2D eigenvalue weighted by Gasteiger charge is -2.10. The topological polar surface area (TPSA) is 73.6 Å². The van der Waals surface area contributed by atoms with Crippen molar-refractivity contribution in [3.05, 3.63) is 28.8 Å². The fourth-order valence-electron chi connectivity index (χ4n) is 1.15. The van der Waals surface area contributed by atoms with E-state index in [0.717, 1.165) is 12.1 Å². The van der Waals surface area contributed by atoms with Gasteiger partial charge in [-0.05, 0) is 12.1 Å². The van der Waals surface area contributed by atoms with Crippen molar-refractivity contribution < 1.29 is 13.2 Å². The summed E-state index contributed by atoms with van der Waals surface area (Å²) in [6, 6.07) is 4.52. The first-order valence-corrected chi connectivity index (χ1v) is 3.71. The highest BCUT2D eigenvalue weighted by atomic mass is 19.4. The molecule has 0 radical (unpaired) electrons. The quantitative estimate of drug-likeness (QED) is 0.667. The molecule has 0 heterocycles. The van der Waals surface area contributed by atoms with Gasteiger partial charge >= 0.3 is 6.18 Å². The van der Waals surface area contributed by atoms with Gasteiger partial charge in [-0.1, -0.05) is 0 Å². The van der Waals surface area contributed by atoms with E-state index in [9.17, 15) is 13.2 Å². The normalized spacial score (nSPS) is 10.5. The smallest absolute Gasteiger partial charge is 0.399 e. The minimum Gasteiger partial charge on any atom is -0.399 e. The molecule has 1 rings (SSSR count). The zero-order chi connectivity index (χ0) is 11.6. The minimum atomic E-state index is -4.73. The highest BCUT2D eigenvalue weighted by Crippen LogP contribution is 2.35. The SMILES string of the molecule is N#Cc1cc(N)cc(C#N)c1C(F)(F)F. The van der Waals surface area contributed by atoms with E-state index in [4.69, 9.17) is 16.3 Å². The number of hydrogen-bond acceptors (Lipinski definition) is 3. The molecule has 1 aromatic carbocycles. The largest absolute Gasteiger partial charge is 0.418 e. The maximum atomic E-state index is 12.5. The summed E-state index contributed by atoms with van der Waals surface area (Å²) in [5.74, 6) is 0. The number of nitrogens with two attached hydrogens (primary N) is 1. The molecule has 0 bridgehead atoms. The number of nitrogen functional groups attached to an aromatic ring is 1. The van der Waals surface area contributed by atoms with Crippen LogP contribution >= 0.6 is 0 Å². The van der Waals surface area contributed by atoms with Gasteiger partial charge in [0.05, 0.1) is 28.8 Å². The lowest BCUT2D eigenvalue weighted by atomic mass is 10.0. The molecule has 0 spiro atoms. The van der Waals surface area contributed by atoms with E-state index in [1.165, 1.54) is 12.1 Å². The van der Waals surface area contributed by atoms with Crippen LogP contribution in [0.15, 0.2) is 12.1 Å². The molecule has 0 atom stereocenters. The number of nitriles is 2. The van der Waals surface area contributed by atoms with Crippen molar-refractivity contribution in [2.75, 3.05) is 5.73 Å². The summed E-state index contributed by atoms with van der Waals surface area (Å²) in [6.07, 6.45) is -4.73. The Kier molecular flexibility index (Phi) is 2.54. The van der Waals surface area contributed by atoms with Crippen molar-refractivity contribution in [2.24, 2.45) is 0 Å². The number of nitrogens with zero attached hydrogens (tertiary/aromatic N) is 2. The third-order valence-electron chi connectivity index (χ3n) is 1.69. The molecule has 1 aromatic rings. The summed E-state index contributed by atoms with van der Waals surface area (Å²) in [5, 5.41) is 17.0. The van der Waals surface area contributed by atoms with E-state index < -0.39 is 22.9 Å². The molecule has 0 aliphatic carbocycles. The second-order valence-corrected chi connectivity index (χ2v) is 2.71. The van der Waals surface area contributed by atoms with Crippen LogP contribution in [0.1, 0.15) is 16.7 Å². The van der Waals surface area contributed by atoms with Crippen LogP contribution in [0.4, 0.5) is 18.9 Å². The summed E-state index contributed by atoms with van der Waals surface area (Å²) >= 11 is 0. The van der Waals surface area contributed by atoms with Crippen LogP contribution in [0.25, 0.3) is 0 Å². The summed E-state index contributed by atoms with van der Waals surface area (Å²) in [5.41, 5.74) is 2.69. The fraction of sp³-hybridized carbons (Fsp3) is 0.111. The van der Waals surface area contributed by atoms with Gasteiger partial charge in [-0.2, -0.15) is 23.7 Å². The second kappa shape index (κ2) is 3.50. The molecule has 0 fully saturated rings. The third kappa shape index (κ3) is 2.00. The van der Waals surface area contributed by atoms with Gasteiger partial charge in [-0.3, -0.25) is 0 Å². The van der Waals surface area contributed by atoms with Gasteiger partial charge in [0.25, 0.3) is 0 Å². The second-order valence-electron chi connectivity index (χ2n) is 2.71.